The van der Waals surface area contributed by atoms with E-state index in [0.717, 1.165) is 26.8 Å². The smallest absolute Gasteiger partial charge is 0.230 e. The van der Waals surface area contributed by atoms with E-state index >= 15 is 0 Å². The monoisotopic (exact) mass is 391 g/mol. The third-order valence-electron chi connectivity index (χ3n) is 3.47. The number of para-hydroxylation sites is 1. The summed E-state index contributed by atoms with van der Waals surface area (Å²) in [4.78, 5) is 18.6. The Morgan fingerprint density at radius 2 is 2.00 bits per heavy atom. The summed E-state index contributed by atoms with van der Waals surface area (Å²) < 4.78 is 0.810. The maximum atomic E-state index is 12.3. The van der Waals surface area contributed by atoms with Crippen LogP contribution in [-0.4, -0.2) is 21.1 Å². The Morgan fingerprint density at radius 1 is 1.28 bits per heavy atom. The Morgan fingerprint density at radius 3 is 2.60 bits per heavy atom. The number of nitrogens with two attached hydrogens (primary N) is 1. The first-order valence-corrected chi connectivity index (χ1v) is 10.2. The van der Waals surface area contributed by atoms with Crippen LogP contribution in [0.25, 0.3) is 0 Å². The fourth-order valence-corrected chi connectivity index (χ4v) is 4.93. The molecule has 0 bridgehead atoms. The molecule has 3 aromatic rings. The van der Waals surface area contributed by atoms with E-state index in [4.69, 9.17) is 5.73 Å². The van der Waals surface area contributed by atoms with Gasteiger partial charge in [0, 0.05) is 18.1 Å². The van der Waals surface area contributed by atoms with Crippen LogP contribution >= 0.6 is 34.4 Å². The van der Waals surface area contributed by atoms with Gasteiger partial charge in [-0.05, 0) is 25.0 Å². The lowest BCUT2D eigenvalue weighted by Gasteiger charge is -2.22. The molecule has 1 aromatic carbocycles. The number of hydrogen-bond acceptors (Lipinski definition) is 8. The number of amides is 1. The van der Waals surface area contributed by atoms with Crippen molar-refractivity contribution in [1.82, 2.24) is 15.2 Å². The number of aromatic nitrogens is 3. The quantitative estimate of drug-likeness (QED) is 0.657. The van der Waals surface area contributed by atoms with Gasteiger partial charge in [0.1, 0.15) is 0 Å². The molecule has 0 fully saturated rings. The average Bonchev–Trinajstić information content (AvgIpc) is 3.17. The van der Waals surface area contributed by atoms with Gasteiger partial charge in [-0.1, -0.05) is 41.3 Å². The maximum Gasteiger partial charge on any atom is 0.230 e. The Kier molecular flexibility index (Phi) is 5.36. The molecule has 2 aromatic heterocycles. The van der Waals surface area contributed by atoms with Crippen molar-refractivity contribution in [2.24, 2.45) is 0 Å². The van der Waals surface area contributed by atoms with Crippen molar-refractivity contribution in [3.63, 3.8) is 0 Å². The number of rotatable bonds is 5. The highest BCUT2D eigenvalue weighted by atomic mass is 32.2. The van der Waals surface area contributed by atoms with Crippen LogP contribution in [-0.2, 0) is 10.5 Å². The summed E-state index contributed by atoms with van der Waals surface area (Å²) in [6, 6.07) is 6.00. The Bertz CT molecular complexity index is 885. The molecular weight excluding hydrogens is 374 g/mol. The highest BCUT2D eigenvalue weighted by molar-refractivity contribution is 8.00. The van der Waals surface area contributed by atoms with Gasteiger partial charge in [0.15, 0.2) is 9.47 Å². The lowest BCUT2D eigenvalue weighted by atomic mass is 10.1. The van der Waals surface area contributed by atoms with E-state index in [1.807, 2.05) is 37.4 Å². The van der Waals surface area contributed by atoms with E-state index in [-0.39, 0.29) is 5.91 Å². The molecule has 0 aliphatic heterocycles. The van der Waals surface area contributed by atoms with E-state index in [0.29, 0.717) is 16.0 Å². The Hall–Kier alpha value is -1.97. The van der Waals surface area contributed by atoms with Gasteiger partial charge in [0.05, 0.1) is 11.4 Å². The minimum atomic E-state index is -0.0529. The molecule has 25 heavy (non-hydrogen) atoms. The summed E-state index contributed by atoms with van der Waals surface area (Å²) in [5.74, 6) is 0.603. The van der Waals surface area contributed by atoms with E-state index in [9.17, 15) is 4.79 Å². The topological polar surface area (TPSA) is 85.0 Å². The lowest BCUT2D eigenvalue weighted by molar-refractivity contribution is -0.115. The van der Waals surface area contributed by atoms with Crippen LogP contribution in [0.5, 0.6) is 0 Å². The molecule has 0 aliphatic rings. The first-order valence-electron chi connectivity index (χ1n) is 7.49. The van der Waals surface area contributed by atoms with Gasteiger partial charge in [-0.15, -0.1) is 21.5 Å². The molecule has 0 unspecified atom stereocenters. The zero-order valence-electron chi connectivity index (χ0n) is 14.0. The minimum Gasteiger partial charge on any atom is -0.374 e. The van der Waals surface area contributed by atoms with Gasteiger partial charge < -0.3 is 5.73 Å². The summed E-state index contributed by atoms with van der Waals surface area (Å²) >= 11 is 4.35. The fourth-order valence-electron chi connectivity index (χ4n) is 2.43. The molecule has 0 spiro atoms. The molecule has 9 heteroatoms. The Balaban J connectivity index is 1.84. The zero-order valence-corrected chi connectivity index (χ0v) is 16.5. The second-order valence-electron chi connectivity index (χ2n) is 5.41. The highest BCUT2D eigenvalue weighted by Gasteiger charge is 2.21. The zero-order chi connectivity index (χ0) is 18.0. The third-order valence-corrected chi connectivity index (χ3v) is 6.27. The first kappa shape index (κ1) is 17.8. The number of hydrogen-bond donors (Lipinski definition) is 1. The fraction of sp³-hybridized carbons (Fsp3) is 0.250. The number of thioether (sulfide) groups is 1. The van der Waals surface area contributed by atoms with Crippen LogP contribution in [0, 0.1) is 13.8 Å². The lowest BCUT2D eigenvalue weighted by Crippen LogP contribution is -2.24. The molecular formula is C16H17N5OS3. The summed E-state index contributed by atoms with van der Waals surface area (Å²) in [5, 5.41) is 10.9. The molecule has 6 nitrogen and oxygen atoms in total. The van der Waals surface area contributed by atoms with Crippen molar-refractivity contribution < 1.29 is 4.79 Å². The van der Waals surface area contributed by atoms with E-state index in [2.05, 4.69) is 15.2 Å². The van der Waals surface area contributed by atoms with Crippen molar-refractivity contribution in [2.75, 3.05) is 10.6 Å². The van der Waals surface area contributed by atoms with E-state index in [1.54, 1.807) is 11.8 Å². The van der Waals surface area contributed by atoms with Crippen molar-refractivity contribution in [2.45, 2.75) is 30.9 Å². The molecule has 0 saturated carbocycles. The van der Waals surface area contributed by atoms with Crippen LogP contribution in [0.15, 0.2) is 27.9 Å². The minimum absolute atomic E-state index is 0.0529. The first-order chi connectivity index (χ1) is 12.0. The van der Waals surface area contributed by atoms with Gasteiger partial charge in [-0.25, -0.2) is 4.98 Å². The van der Waals surface area contributed by atoms with Gasteiger partial charge in [0.25, 0.3) is 0 Å². The SMILES string of the molecule is CC(=O)N(c1nc(CSc2nnc(N)s2)cs1)c1c(C)cccc1C. The molecule has 1 amide bonds. The number of nitrogens with zero attached hydrogens (tertiary/aromatic N) is 4. The standard InChI is InChI=1S/C16H17N5OS3/c1-9-5-4-6-10(2)13(9)21(11(3)22)15-18-12(7-23-15)8-24-16-20-19-14(17)25-16/h4-7H,8H2,1-3H3,(H2,17,19). The number of aryl methyl sites for hydroxylation is 2. The number of anilines is 3. The van der Waals surface area contributed by atoms with Gasteiger partial charge >= 0.3 is 0 Å². The van der Waals surface area contributed by atoms with Crippen LogP contribution in [0.2, 0.25) is 0 Å². The van der Waals surface area contributed by atoms with Crippen LogP contribution < -0.4 is 10.6 Å². The third kappa shape index (κ3) is 4.00. The summed E-state index contributed by atoms with van der Waals surface area (Å²) in [7, 11) is 0. The van der Waals surface area contributed by atoms with E-state index < -0.39 is 0 Å². The molecule has 0 saturated heterocycles. The number of thiazole rings is 1. The van der Waals surface area contributed by atoms with Crippen LogP contribution in [0.3, 0.4) is 0 Å². The molecule has 3 rings (SSSR count). The number of carbonyl (C=O) groups excluding carboxylic acids is 1. The average molecular weight is 392 g/mol. The summed E-state index contributed by atoms with van der Waals surface area (Å²) in [5.41, 5.74) is 9.49. The summed E-state index contributed by atoms with van der Waals surface area (Å²) in [6.45, 7) is 5.57. The molecule has 130 valence electrons. The van der Waals surface area contributed by atoms with Gasteiger partial charge in [-0.3, -0.25) is 9.69 Å². The van der Waals surface area contributed by atoms with Crippen molar-refractivity contribution in [3.8, 4) is 0 Å². The van der Waals surface area contributed by atoms with Gasteiger partial charge in [-0.2, -0.15) is 0 Å². The second-order valence-corrected chi connectivity index (χ2v) is 8.48. The summed E-state index contributed by atoms with van der Waals surface area (Å²) in [6.07, 6.45) is 0. The molecule has 2 N–H and O–H groups in total. The molecule has 0 radical (unpaired) electrons. The van der Waals surface area contributed by atoms with Crippen molar-refractivity contribution in [3.05, 3.63) is 40.4 Å². The maximum absolute atomic E-state index is 12.3. The largest absolute Gasteiger partial charge is 0.374 e. The van der Waals surface area contributed by atoms with Crippen LogP contribution in [0.4, 0.5) is 16.0 Å². The molecule has 0 atom stereocenters. The predicted octanol–water partition coefficient (Wildman–Crippen LogP) is 4.17. The predicted molar refractivity (Wildman–Crippen MR) is 105 cm³/mol. The molecule has 2 heterocycles. The Labute approximate surface area is 158 Å². The normalized spacial score (nSPS) is 10.8. The van der Waals surface area contributed by atoms with Crippen molar-refractivity contribution >= 4 is 56.3 Å². The number of carbonyl (C=O) groups is 1. The van der Waals surface area contributed by atoms with Crippen LogP contribution in [0.1, 0.15) is 23.7 Å². The van der Waals surface area contributed by atoms with Gasteiger partial charge in [0.2, 0.25) is 11.0 Å². The van der Waals surface area contributed by atoms with Crippen molar-refractivity contribution in [1.29, 1.82) is 0 Å². The number of benzene rings is 1. The molecule has 0 aliphatic carbocycles. The van der Waals surface area contributed by atoms with E-state index in [1.165, 1.54) is 34.4 Å². The number of nitrogen functional groups attached to an aromatic ring is 1. The second kappa shape index (κ2) is 7.51. The highest BCUT2D eigenvalue weighted by Crippen LogP contribution is 2.35.